The van der Waals surface area contributed by atoms with Crippen LogP contribution in [0.4, 0.5) is 11.4 Å². The molecule has 2 heterocycles. The molecular weight excluding hydrogens is 563 g/mol. The lowest BCUT2D eigenvalue weighted by molar-refractivity contribution is -0.115. The summed E-state index contributed by atoms with van der Waals surface area (Å²) >= 11 is 2.92. The molecule has 8 heteroatoms. The van der Waals surface area contributed by atoms with Crippen LogP contribution in [0.2, 0.25) is 0 Å². The highest BCUT2D eigenvalue weighted by Crippen LogP contribution is 2.48. The van der Waals surface area contributed by atoms with E-state index < -0.39 is 0 Å². The number of thioether (sulfide) groups is 1. The minimum atomic E-state index is -0.0938. The normalized spacial score (nSPS) is 11.7. The molecule has 0 saturated carbocycles. The van der Waals surface area contributed by atoms with E-state index >= 15 is 0 Å². The summed E-state index contributed by atoms with van der Waals surface area (Å²) in [6, 6.07) is 35.4. The van der Waals surface area contributed by atoms with E-state index in [0.717, 1.165) is 32.3 Å². The molecule has 0 radical (unpaired) electrons. The summed E-state index contributed by atoms with van der Waals surface area (Å²) in [5.41, 5.74) is 5.20. The van der Waals surface area contributed by atoms with Gasteiger partial charge in [-0.15, -0.1) is 0 Å². The van der Waals surface area contributed by atoms with Gasteiger partial charge in [-0.25, -0.2) is 4.98 Å². The smallest absolute Gasteiger partial charge is 0.242 e. The Morgan fingerprint density at radius 1 is 0.833 bits per heavy atom. The van der Waals surface area contributed by atoms with Gasteiger partial charge in [-0.2, -0.15) is 5.26 Å². The Hall–Kier alpha value is -4.71. The zero-order valence-electron chi connectivity index (χ0n) is 22.9. The summed E-state index contributed by atoms with van der Waals surface area (Å²) in [5.74, 6) is 1.15. The van der Waals surface area contributed by atoms with Crippen molar-refractivity contribution in [3.63, 3.8) is 0 Å². The lowest BCUT2D eigenvalue weighted by Crippen LogP contribution is -2.30. The number of fused-ring (bicyclic) bond motifs is 2. The Kier molecular flexibility index (Phi) is 7.87. The lowest BCUT2D eigenvalue weighted by Gasteiger charge is -2.31. The molecule has 1 aliphatic heterocycles. The predicted molar refractivity (Wildman–Crippen MR) is 168 cm³/mol. The van der Waals surface area contributed by atoms with Crippen molar-refractivity contribution in [3.05, 3.63) is 109 Å². The number of benzene rings is 4. The number of ether oxygens (including phenoxy) is 2. The van der Waals surface area contributed by atoms with Crippen molar-refractivity contribution in [1.29, 1.82) is 5.26 Å². The van der Waals surface area contributed by atoms with E-state index in [1.807, 2.05) is 103 Å². The maximum absolute atomic E-state index is 13.9. The number of amides is 1. The van der Waals surface area contributed by atoms with Crippen LogP contribution in [0.15, 0.2) is 118 Å². The van der Waals surface area contributed by atoms with Gasteiger partial charge in [0.2, 0.25) is 5.91 Å². The summed E-state index contributed by atoms with van der Waals surface area (Å²) in [6.45, 7) is 0. The monoisotopic (exact) mass is 587 g/mol. The maximum Gasteiger partial charge on any atom is 0.242 e. The van der Waals surface area contributed by atoms with Crippen LogP contribution < -0.4 is 14.4 Å². The van der Waals surface area contributed by atoms with Gasteiger partial charge < -0.3 is 9.47 Å². The molecule has 0 fully saturated rings. The van der Waals surface area contributed by atoms with E-state index in [1.165, 1.54) is 11.8 Å². The van der Waals surface area contributed by atoms with Crippen LogP contribution in [-0.4, -0.2) is 30.9 Å². The molecule has 0 N–H and O–H groups in total. The molecule has 0 bridgehead atoms. The van der Waals surface area contributed by atoms with Crippen LogP contribution in [0.3, 0.4) is 0 Å². The van der Waals surface area contributed by atoms with Crippen LogP contribution in [0.1, 0.15) is 5.56 Å². The SMILES string of the molecule is COc1ccc(-c2cc(-c3ccccc3)nc(SCC(=O)N3c4ccccc4Sc4ccccc43)c2C#N)cc1OC. The Morgan fingerprint density at radius 2 is 1.48 bits per heavy atom. The highest BCUT2D eigenvalue weighted by atomic mass is 32.2. The quantitative estimate of drug-likeness (QED) is 0.178. The van der Waals surface area contributed by atoms with E-state index in [1.54, 1.807) is 30.9 Å². The number of rotatable bonds is 7. The topological polar surface area (TPSA) is 75.5 Å². The van der Waals surface area contributed by atoms with Crippen LogP contribution in [-0.2, 0) is 4.79 Å². The molecule has 0 aliphatic carbocycles. The van der Waals surface area contributed by atoms with Crippen molar-refractivity contribution in [3.8, 4) is 40.0 Å². The second kappa shape index (κ2) is 12.0. The molecule has 1 aromatic heterocycles. The Bertz CT molecular complexity index is 1790. The average molecular weight is 588 g/mol. The number of carbonyl (C=O) groups is 1. The van der Waals surface area contributed by atoms with E-state index in [9.17, 15) is 10.1 Å². The zero-order valence-corrected chi connectivity index (χ0v) is 24.5. The minimum Gasteiger partial charge on any atom is -0.493 e. The molecule has 0 unspecified atom stereocenters. The second-order valence-electron chi connectivity index (χ2n) is 9.34. The fraction of sp³-hybridized carbons (Fsp3) is 0.0882. The maximum atomic E-state index is 13.9. The van der Waals surface area contributed by atoms with Crippen molar-refractivity contribution in [2.45, 2.75) is 14.8 Å². The first-order chi connectivity index (χ1) is 20.6. The van der Waals surface area contributed by atoms with Crippen LogP contribution in [0, 0.1) is 11.3 Å². The number of nitriles is 1. The molecule has 1 aliphatic rings. The van der Waals surface area contributed by atoms with Gasteiger partial charge in [0.25, 0.3) is 0 Å². The van der Waals surface area contributed by atoms with Gasteiger partial charge in [0.05, 0.1) is 42.6 Å². The molecule has 4 aromatic carbocycles. The molecule has 206 valence electrons. The van der Waals surface area contributed by atoms with Gasteiger partial charge in [-0.05, 0) is 48.0 Å². The number of hydrogen-bond donors (Lipinski definition) is 0. The molecular formula is C34H25N3O3S2. The molecule has 0 spiro atoms. The first kappa shape index (κ1) is 27.5. The fourth-order valence-electron chi connectivity index (χ4n) is 4.89. The Balaban J connectivity index is 1.41. The number of para-hydroxylation sites is 2. The molecule has 1 amide bonds. The molecule has 6 nitrogen and oxygen atoms in total. The lowest BCUT2D eigenvalue weighted by atomic mass is 9.99. The first-order valence-corrected chi connectivity index (χ1v) is 15.0. The van der Waals surface area contributed by atoms with Crippen molar-refractivity contribution < 1.29 is 14.3 Å². The third kappa shape index (κ3) is 5.20. The molecule has 6 rings (SSSR count). The number of aromatic nitrogens is 1. The van der Waals surface area contributed by atoms with Crippen LogP contribution in [0.25, 0.3) is 22.4 Å². The van der Waals surface area contributed by atoms with Gasteiger partial charge in [-0.3, -0.25) is 9.69 Å². The first-order valence-electron chi connectivity index (χ1n) is 13.2. The average Bonchev–Trinajstić information content (AvgIpc) is 3.05. The van der Waals surface area contributed by atoms with Crippen molar-refractivity contribution >= 4 is 40.8 Å². The van der Waals surface area contributed by atoms with Gasteiger partial charge in [0, 0.05) is 20.9 Å². The summed E-state index contributed by atoms with van der Waals surface area (Å²) in [4.78, 5) is 22.6. The van der Waals surface area contributed by atoms with Crippen molar-refractivity contribution in [2.24, 2.45) is 0 Å². The summed E-state index contributed by atoms with van der Waals surface area (Å²) in [5, 5.41) is 10.9. The Morgan fingerprint density at radius 3 is 2.12 bits per heavy atom. The number of methoxy groups -OCH3 is 2. The standard InChI is InChI=1S/C34H25N3O3S2/c1-39-29-17-16-23(18-30(29)40-2)24-19-26(22-10-4-3-5-11-22)36-34(25(24)20-35)41-21-33(38)37-27-12-6-8-14-31(27)42-32-15-9-7-13-28(32)37/h3-19H,21H2,1-2H3. The number of anilines is 2. The molecule has 42 heavy (non-hydrogen) atoms. The third-order valence-corrected chi connectivity index (χ3v) is 8.97. The number of carbonyl (C=O) groups excluding carboxylic acids is 1. The highest BCUT2D eigenvalue weighted by Gasteiger charge is 2.28. The highest BCUT2D eigenvalue weighted by molar-refractivity contribution is 8.00. The van der Waals surface area contributed by atoms with Crippen molar-refractivity contribution in [2.75, 3.05) is 24.9 Å². The van der Waals surface area contributed by atoms with E-state index in [0.29, 0.717) is 33.3 Å². The number of nitrogens with zero attached hydrogens (tertiary/aromatic N) is 3. The Labute approximate surface area is 252 Å². The van der Waals surface area contributed by atoms with E-state index in [2.05, 4.69) is 6.07 Å². The summed E-state index contributed by atoms with van der Waals surface area (Å²) in [6.07, 6.45) is 0. The minimum absolute atomic E-state index is 0.0938. The molecule has 5 aromatic rings. The fourth-order valence-corrected chi connectivity index (χ4v) is 6.80. The summed E-state index contributed by atoms with van der Waals surface area (Å²) < 4.78 is 11.0. The number of hydrogen-bond acceptors (Lipinski definition) is 7. The third-order valence-electron chi connectivity index (χ3n) is 6.88. The largest absolute Gasteiger partial charge is 0.493 e. The van der Waals surface area contributed by atoms with Gasteiger partial charge >= 0.3 is 0 Å². The van der Waals surface area contributed by atoms with Crippen LogP contribution >= 0.6 is 23.5 Å². The van der Waals surface area contributed by atoms with E-state index in [4.69, 9.17) is 14.5 Å². The van der Waals surface area contributed by atoms with Gasteiger partial charge in [0.15, 0.2) is 11.5 Å². The van der Waals surface area contributed by atoms with Gasteiger partial charge in [-0.1, -0.05) is 84.2 Å². The second-order valence-corrected chi connectivity index (χ2v) is 11.4. The van der Waals surface area contributed by atoms with E-state index in [-0.39, 0.29) is 11.7 Å². The zero-order chi connectivity index (χ0) is 29.1. The molecule has 0 saturated heterocycles. The van der Waals surface area contributed by atoms with Crippen molar-refractivity contribution in [1.82, 2.24) is 4.98 Å². The van der Waals surface area contributed by atoms with Gasteiger partial charge in [0.1, 0.15) is 11.1 Å². The van der Waals surface area contributed by atoms with Crippen LogP contribution in [0.5, 0.6) is 11.5 Å². The molecule has 0 atom stereocenters. The summed E-state index contributed by atoms with van der Waals surface area (Å²) in [7, 11) is 3.17. The predicted octanol–water partition coefficient (Wildman–Crippen LogP) is 8.23. The number of pyridine rings is 1.